The number of hydrogen-bond acceptors (Lipinski definition) is 3. The average Bonchev–Trinajstić information content (AvgIpc) is 2.48. The molecule has 5 nitrogen and oxygen atoms in total. The molecule has 2 aromatic carbocycles. The molecular weight excluding hydrogens is 425 g/mol. The van der Waals surface area contributed by atoms with E-state index in [1.54, 1.807) is 30.3 Å². The predicted octanol–water partition coefficient (Wildman–Crippen LogP) is 3.38. The van der Waals surface area contributed by atoms with Crippen LogP contribution in [0.4, 0.5) is 11.4 Å². The first-order valence-electron chi connectivity index (χ1n) is 6.69. The highest BCUT2D eigenvalue weighted by Crippen LogP contribution is 2.15. The Hall–Kier alpha value is -2.00. The molecule has 0 spiro atoms. The van der Waals surface area contributed by atoms with Gasteiger partial charge >= 0.3 is 0 Å². The number of rotatable bonds is 3. The number of nitrogens with one attached hydrogen (secondary N) is 3. The fourth-order valence-electron chi connectivity index (χ4n) is 1.79. The van der Waals surface area contributed by atoms with Gasteiger partial charge in [-0.25, -0.2) is 0 Å². The summed E-state index contributed by atoms with van der Waals surface area (Å²) in [6.45, 7) is 1.39. The van der Waals surface area contributed by atoms with Crippen molar-refractivity contribution in [2.45, 2.75) is 6.92 Å². The zero-order valence-corrected chi connectivity index (χ0v) is 15.2. The molecule has 0 heterocycles. The molecular formula is C16H14IN3O2S. The number of anilines is 2. The third-order valence-electron chi connectivity index (χ3n) is 2.78. The van der Waals surface area contributed by atoms with E-state index in [4.69, 9.17) is 12.2 Å². The van der Waals surface area contributed by atoms with Crippen molar-refractivity contribution in [3.63, 3.8) is 0 Å². The van der Waals surface area contributed by atoms with E-state index in [2.05, 4.69) is 38.5 Å². The van der Waals surface area contributed by atoms with Gasteiger partial charge in [-0.1, -0.05) is 6.07 Å². The molecule has 7 heteroatoms. The van der Waals surface area contributed by atoms with Crippen molar-refractivity contribution in [3.05, 3.63) is 57.7 Å². The zero-order valence-electron chi connectivity index (χ0n) is 12.2. The number of carbonyl (C=O) groups is 2. The summed E-state index contributed by atoms with van der Waals surface area (Å²) in [5.74, 6) is -0.401. The minimum Gasteiger partial charge on any atom is -0.332 e. The van der Waals surface area contributed by atoms with Crippen LogP contribution < -0.4 is 16.0 Å². The van der Waals surface area contributed by atoms with Gasteiger partial charge in [0, 0.05) is 27.4 Å². The fraction of sp³-hybridized carbons (Fsp3) is 0.0625. The van der Waals surface area contributed by atoms with E-state index in [0.29, 0.717) is 11.3 Å². The van der Waals surface area contributed by atoms with E-state index in [0.717, 1.165) is 9.26 Å². The van der Waals surface area contributed by atoms with Gasteiger partial charge in [0.1, 0.15) is 0 Å². The first-order chi connectivity index (χ1) is 10.9. The van der Waals surface area contributed by atoms with Crippen molar-refractivity contribution in [2.75, 3.05) is 10.6 Å². The second kappa shape index (κ2) is 8.02. The van der Waals surface area contributed by atoms with Crippen molar-refractivity contribution >= 4 is 63.1 Å². The average molecular weight is 439 g/mol. The highest BCUT2D eigenvalue weighted by atomic mass is 127. The van der Waals surface area contributed by atoms with Crippen molar-refractivity contribution < 1.29 is 9.59 Å². The Bertz CT molecular complexity index is 747. The van der Waals surface area contributed by atoms with E-state index in [1.807, 2.05) is 18.2 Å². The first-order valence-corrected chi connectivity index (χ1v) is 8.18. The van der Waals surface area contributed by atoms with Crippen LogP contribution in [-0.4, -0.2) is 16.9 Å². The van der Waals surface area contributed by atoms with Gasteiger partial charge < -0.3 is 16.0 Å². The largest absolute Gasteiger partial charge is 0.332 e. The molecule has 23 heavy (non-hydrogen) atoms. The lowest BCUT2D eigenvalue weighted by Gasteiger charge is -2.09. The van der Waals surface area contributed by atoms with Gasteiger partial charge in [0.05, 0.1) is 0 Å². The Balaban J connectivity index is 1.98. The predicted molar refractivity (Wildman–Crippen MR) is 104 cm³/mol. The lowest BCUT2D eigenvalue weighted by atomic mass is 10.2. The molecule has 0 saturated carbocycles. The Labute approximate surface area is 153 Å². The van der Waals surface area contributed by atoms with E-state index in [-0.39, 0.29) is 16.9 Å². The summed E-state index contributed by atoms with van der Waals surface area (Å²) in [5, 5.41) is 8.41. The van der Waals surface area contributed by atoms with Crippen LogP contribution in [0.2, 0.25) is 0 Å². The number of benzene rings is 2. The summed E-state index contributed by atoms with van der Waals surface area (Å²) in [7, 11) is 0. The number of halogens is 1. The van der Waals surface area contributed by atoms with Crippen LogP contribution in [0.5, 0.6) is 0 Å². The summed E-state index contributed by atoms with van der Waals surface area (Å²) in [6, 6.07) is 14.4. The Morgan fingerprint density at radius 2 is 1.61 bits per heavy atom. The number of carbonyl (C=O) groups excluding carboxylic acids is 2. The molecule has 3 N–H and O–H groups in total. The first kappa shape index (κ1) is 17.4. The van der Waals surface area contributed by atoms with Crippen LogP contribution in [0.1, 0.15) is 17.3 Å². The molecule has 2 rings (SSSR count). The molecule has 0 aromatic heterocycles. The zero-order chi connectivity index (χ0) is 16.8. The Morgan fingerprint density at radius 1 is 1.00 bits per heavy atom. The smallest absolute Gasteiger partial charge is 0.255 e. The molecule has 2 amide bonds. The number of thiocarbonyl (C=S) groups is 1. The maximum atomic E-state index is 12.2. The Morgan fingerprint density at radius 3 is 2.17 bits per heavy atom. The molecule has 2 aromatic rings. The van der Waals surface area contributed by atoms with E-state index in [9.17, 15) is 9.59 Å². The minimum atomic E-state index is -0.233. The highest BCUT2D eigenvalue weighted by molar-refractivity contribution is 14.1. The van der Waals surface area contributed by atoms with Crippen LogP contribution in [0.3, 0.4) is 0 Å². The number of amides is 2. The van der Waals surface area contributed by atoms with Gasteiger partial charge in [-0.3, -0.25) is 9.59 Å². The maximum Gasteiger partial charge on any atom is 0.255 e. The van der Waals surface area contributed by atoms with Crippen molar-refractivity contribution in [1.29, 1.82) is 0 Å². The van der Waals surface area contributed by atoms with Crippen LogP contribution in [0.25, 0.3) is 0 Å². The second-order valence-electron chi connectivity index (χ2n) is 4.68. The third kappa shape index (κ3) is 5.61. The van der Waals surface area contributed by atoms with Gasteiger partial charge in [0.15, 0.2) is 5.11 Å². The van der Waals surface area contributed by atoms with Crippen LogP contribution in [-0.2, 0) is 4.79 Å². The Kier molecular flexibility index (Phi) is 6.05. The molecule has 0 aliphatic rings. The van der Waals surface area contributed by atoms with Crippen molar-refractivity contribution in [1.82, 2.24) is 5.32 Å². The fourth-order valence-corrected chi connectivity index (χ4v) is 2.60. The van der Waals surface area contributed by atoms with E-state index >= 15 is 0 Å². The second-order valence-corrected chi connectivity index (χ2v) is 6.33. The molecule has 0 aliphatic heterocycles. The highest BCUT2D eigenvalue weighted by Gasteiger charge is 2.06. The van der Waals surface area contributed by atoms with Gasteiger partial charge in [-0.05, 0) is 77.3 Å². The third-order valence-corrected chi connectivity index (χ3v) is 3.65. The monoisotopic (exact) mass is 439 g/mol. The van der Waals surface area contributed by atoms with Crippen LogP contribution in [0, 0.1) is 3.57 Å². The standard InChI is InChI=1S/C16H14IN3O2S/c1-10(21)18-16(23)20-14-7-5-13(6-8-14)19-15(22)11-3-2-4-12(17)9-11/h2-9H,1H3,(H,19,22)(H2,18,20,21,23). The molecule has 0 atom stereocenters. The normalized spacial score (nSPS) is 9.83. The van der Waals surface area contributed by atoms with Crippen molar-refractivity contribution in [3.8, 4) is 0 Å². The molecule has 0 aliphatic carbocycles. The number of hydrogen-bond donors (Lipinski definition) is 3. The summed E-state index contributed by atoms with van der Waals surface area (Å²) in [4.78, 5) is 23.0. The van der Waals surface area contributed by atoms with Gasteiger partial charge in [0.25, 0.3) is 5.91 Å². The molecule has 0 fully saturated rings. The molecule has 0 saturated heterocycles. The lowest BCUT2D eigenvalue weighted by molar-refractivity contribution is -0.117. The molecule has 0 radical (unpaired) electrons. The lowest BCUT2D eigenvalue weighted by Crippen LogP contribution is -2.32. The summed E-state index contributed by atoms with van der Waals surface area (Å²) in [6.07, 6.45) is 0. The van der Waals surface area contributed by atoms with Gasteiger partial charge in [0.2, 0.25) is 5.91 Å². The maximum absolute atomic E-state index is 12.2. The summed E-state index contributed by atoms with van der Waals surface area (Å²) >= 11 is 7.14. The van der Waals surface area contributed by atoms with Crippen molar-refractivity contribution in [2.24, 2.45) is 0 Å². The topological polar surface area (TPSA) is 70.2 Å². The summed E-state index contributed by atoms with van der Waals surface area (Å²) in [5.41, 5.74) is 1.99. The minimum absolute atomic E-state index is 0.169. The molecule has 118 valence electrons. The van der Waals surface area contributed by atoms with Gasteiger partial charge in [-0.15, -0.1) is 0 Å². The van der Waals surface area contributed by atoms with E-state index in [1.165, 1.54) is 6.92 Å². The SMILES string of the molecule is CC(=O)NC(=S)Nc1ccc(NC(=O)c2cccc(I)c2)cc1. The molecule has 0 bridgehead atoms. The van der Waals surface area contributed by atoms with Crippen LogP contribution in [0.15, 0.2) is 48.5 Å². The van der Waals surface area contributed by atoms with Gasteiger partial charge in [-0.2, -0.15) is 0 Å². The van der Waals surface area contributed by atoms with E-state index < -0.39 is 0 Å². The van der Waals surface area contributed by atoms with Crippen LogP contribution >= 0.6 is 34.8 Å². The molecule has 0 unspecified atom stereocenters. The summed E-state index contributed by atoms with van der Waals surface area (Å²) < 4.78 is 1.00. The quantitative estimate of drug-likeness (QED) is 0.507.